The van der Waals surface area contributed by atoms with E-state index in [0.29, 0.717) is 6.42 Å². The maximum atomic E-state index is 11.4. The zero-order valence-electron chi connectivity index (χ0n) is 9.11. The van der Waals surface area contributed by atoms with Gasteiger partial charge in [0.15, 0.2) is 0 Å². The lowest BCUT2D eigenvalue weighted by Crippen LogP contribution is -2.46. The lowest BCUT2D eigenvalue weighted by atomic mass is 9.70. The van der Waals surface area contributed by atoms with Gasteiger partial charge in [0, 0.05) is 0 Å². The van der Waals surface area contributed by atoms with Gasteiger partial charge in [0.1, 0.15) is 11.2 Å². The van der Waals surface area contributed by atoms with Gasteiger partial charge < -0.3 is 10.2 Å². The summed E-state index contributed by atoms with van der Waals surface area (Å²) in [5.41, 5.74) is -1.79. The molecule has 5 nitrogen and oxygen atoms in total. The average Bonchev–Trinajstić information content (AvgIpc) is 2.11. The van der Waals surface area contributed by atoms with Crippen molar-refractivity contribution in [2.45, 2.75) is 33.6 Å². The molecule has 5 heteroatoms. The van der Waals surface area contributed by atoms with Gasteiger partial charge in [-0.3, -0.25) is 14.4 Å². The van der Waals surface area contributed by atoms with Crippen LogP contribution in [-0.4, -0.2) is 27.9 Å². The predicted molar refractivity (Wildman–Crippen MR) is 52.5 cm³/mol. The van der Waals surface area contributed by atoms with E-state index < -0.39 is 29.1 Å². The van der Waals surface area contributed by atoms with Gasteiger partial charge in [0.2, 0.25) is 0 Å². The summed E-state index contributed by atoms with van der Waals surface area (Å²) in [6.07, 6.45) is 0.495. The summed E-state index contributed by atoms with van der Waals surface area (Å²) >= 11 is 0. The highest BCUT2D eigenvalue weighted by molar-refractivity contribution is 6.05. The second-order valence-corrected chi connectivity index (χ2v) is 3.64. The molecule has 2 unspecified atom stereocenters. The topological polar surface area (TPSA) is 91.7 Å². The number of rotatable bonds is 6. The average molecular weight is 216 g/mol. The van der Waals surface area contributed by atoms with Gasteiger partial charge in [0.05, 0.1) is 5.92 Å². The number of hydrogen-bond acceptors (Lipinski definition) is 3. The van der Waals surface area contributed by atoms with Crippen LogP contribution in [0.25, 0.3) is 0 Å². The fourth-order valence-electron chi connectivity index (χ4n) is 1.75. The zero-order valence-corrected chi connectivity index (χ0v) is 9.11. The van der Waals surface area contributed by atoms with Crippen molar-refractivity contribution in [2.24, 2.45) is 11.3 Å². The Hall–Kier alpha value is -1.39. The molecule has 0 bridgehead atoms. The summed E-state index contributed by atoms with van der Waals surface area (Å²) in [6.45, 7) is 4.10. The maximum absolute atomic E-state index is 11.4. The van der Waals surface area contributed by atoms with Crippen LogP contribution < -0.4 is 0 Å². The third-order valence-electron chi connectivity index (χ3n) is 2.76. The van der Waals surface area contributed by atoms with Crippen molar-refractivity contribution < 1.29 is 24.6 Å². The number of carbonyl (C=O) groups excluding carboxylic acids is 1. The van der Waals surface area contributed by atoms with Crippen LogP contribution in [0.15, 0.2) is 0 Å². The zero-order chi connectivity index (χ0) is 12.2. The summed E-state index contributed by atoms with van der Waals surface area (Å²) in [4.78, 5) is 33.3. The Morgan fingerprint density at radius 2 is 1.73 bits per heavy atom. The molecule has 2 atom stereocenters. The molecule has 15 heavy (non-hydrogen) atoms. The van der Waals surface area contributed by atoms with E-state index in [1.54, 1.807) is 6.92 Å². The molecule has 86 valence electrons. The Morgan fingerprint density at radius 3 is 1.93 bits per heavy atom. The van der Waals surface area contributed by atoms with Crippen molar-refractivity contribution in [2.75, 3.05) is 0 Å². The normalized spacial score (nSPS) is 16.5. The fourth-order valence-corrected chi connectivity index (χ4v) is 1.75. The number of aliphatic carboxylic acids is 2. The van der Waals surface area contributed by atoms with Crippen LogP contribution in [0.1, 0.15) is 33.6 Å². The Morgan fingerprint density at radius 1 is 1.27 bits per heavy atom. The fraction of sp³-hybridized carbons (Fsp3) is 0.700. The van der Waals surface area contributed by atoms with E-state index in [2.05, 4.69) is 0 Å². The molecule has 0 saturated heterocycles. The molecule has 0 aliphatic heterocycles. The molecule has 0 amide bonds. The first-order valence-electron chi connectivity index (χ1n) is 4.77. The number of carboxylic acids is 2. The first kappa shape index (κ1) is 13.6. The van der Waals surface area contributed by atoms with Gasteiger partial charge >= 0.3 is 11.9 Å². The lowest BCUT2D eigenvalue weighted by molar-refractivity contribution is -0.166. The van der Waals surface area contributed by atoms with Gasteiger partial charge in [-0.05, 0) is 13.3 Å². The highest BCUT2D eigenvalue weighted by Crippen LogP contribution is 2.34. The molecule has 0 aromatic heterocycles. The molecule has 0 aromatic rings. The van der Waals surface area contributed by atoms with Crippen molar-refractivity contribution in [1.82, 2.24) is 0 Å². The summed E-state index contributed by atoms with van der Waals surface area (Å²) in [5.74, 6) is -4.44. The monoisotopic (exact) mass is 216 g/mol. The molecular formula is C10H16O5. The first-order chi connectivity index (χ1) is 6.80. The van der Waals surface area contributed by atoms with E-state index >= 15 is 0 Å². The smallest absolute Gasteiger partial charge is 0.318 e. The Labute approximate surface area is 88.1 Å². The highest BCUT2D eigenvalue weighted by atomic mass is 16.4. The van der Waals surface area contributed by atoms with E-state index in [4.69, 9.17) is 10.2 Å². The van der Waals surface area contributed by atoms with Crippen molar-refractivity contribution >= 4 is 17.7 Å². The molecule has 0 rings (SSSR count). The largest absolute Gasteiger partial charge is 0.481 e. The van der Waals surface area contributed by atoms with Gasteiger partial charge in [0.25, 0.3) is 0 Å². The Bertz CT molecular complexity index is 268. The van der Waals surface area contributed by atoms with Crippen LogP contribution in [-0.2, 0) is 14.4 Å². The van der Waals surface area contributed by atoms with Crippen molar-refractivity contribution in [3.05, 3.63) is 0 Å². The van der Waals surface area contributed by atoms with Crippen LogP contribution >= 0.6 is 0 Å². The number of Topliss-reactive ketones (excluding diaryl/α,β-unsaturated/α-hetero) is 1. The van der Waals surface area contributed by atoms with Gasteiger partial charge in [-0.1, -0.05) is 20.3 Å². The number of hydrogen-bond donors (Lipinski definition) is 2. The van der Waals surface area contributed by atoms with Crippen molar-refractivity contribution in [3.63, 3.8) is 0 Å². The quantitative estimate of drug-likeness (QED) is 0.650. The van der Waals surface area contributed by atoms with Crippen LogP contribution in [0.4, 0.5) is 0 Å². The molecule has 0 aromatic carbocycles. The minimum atomic E-state index is -1.79. The van der Waals surface area contributed by atoms with Crippen LogP contribution in [0, 0.1) is 11.3 Å². The summed E-state index contributed by atoms with van der Waals surface area (Å²) < 4.78 is 0. The maximum Gasteiger partial charge on any atom is 0.318 e. The first-order valence-corrected chi connectivity index (χ1v) is 4.77. The standard InChI is InChI=1S/C10H16O5/c1-4-5-10(7(3)11,9(14)15)6(2)8(12)13/h6H,4-5H2,1-3H3,(H,12,13)(H,14,15). The van der Waals surface area contributed by atoms with E-state index in [1.165, 1.54) is 6.92 Å². The van der Waals surface area contributed by atoms with E-state index in [1.807, 2.05) is 0 Å². The summed E-state index contributed by atoms with van der Waals surface area (Å²) in [7, 11) is 0. The van der Waals surface area contributed by atoms with E-state index in [-0.39, 0.29) is 6.42 Å². The SMILES string of the molecule is CCCC(C(C)=O)(C(=O)O)C(C)C(=O)O. The van der Waals surface area contributed by atoms with Gasteiger partial charge in [-0.15, -0.1) is 0 Å². The molecule has 0 aliphatic carbocycles. The van der Waals surface area contributed by atoms with Crippen LogP contribution in [0.5, 0.6) is 0 Å². The van der Waals surface area contributed by atoms with E-state index in [9.17, 15) is 14.4 Å². The minimum Gasteiger partial charge on any atom is -0.481 e. The van der Waals surface area contributed by atoms with Crippen LogP contribution in [0.2, 0.25) is 0 Å². The number of ketones is 1. The Kier molecular flexibility index (Phi) is 4.45. The van der Waals surface area contributed by atoms with Gasteiger partial charge in [-0.25, -0.2) is 0 Å². The van der Waals surface area contributed by atoms with E-state index in [0.717, 1.165) is 6.92 Å². The molecule has 0 aliphatic rings. The molecule has 0 fully saturated rings. The molecule has 0 spiro atoms. The van der Waals surface area contributed by atoms with Crippen LogP contribution in [0.3, 0.4) is 0 Å². The second-order valence-electron chi connectivity index (χ2n) is 3.64. The third-order valence-corrected chi connectivity index (χ3v) is 2.76. The predicted octanol–water partition coefficient (Wildman–Crippen LogP) is 1.17. The molecular weight excluding hydrogens is 200 g/mol. The molecule has 0 saturated carbocycles. The van der Waals surface area contributed by atoms with Crippen molar-refractivity contribution in [1.29, 1.82) is 0 Å². The summed E-state index contributed by atoms with van der Waals surface area (Å²) in [6, 6.07) is 0. The number of carboxylic acid groups (broad SMARTS) is 2. The minimum absolute atomic E-state index is 0.0468. The number of carbonyl (C=O) groups is 3. The lowest BCUT2D eigenvalue weighted by Gasteiger charge is -2.29. The second kappa shape index (κ2) is 4.91. The Balaban J connectivity index is 5.40. The summed E-state index contributed by atoms with van der Waals surface area (Å²) in [5, 5.41) is 17.9. The molecule has 2 N–H and O–H groups in total. The third kappa shape index (κ3) is 2.34. The molecule has 0 radical (unpaired) electrons. The van der Waals surface area contributed by atoms with Crippen molar-refractivity contribution in [3.8, 4) is 0 Å². The van der Waals surface area contributed by atoms with Gasteiger partial charge in [-0.2, -0.15) is 0 Å². The molecule has 0 heterocycles. The highest BCUT2D eigenvalue weighted by Gasteiger charge is 2.50.